The Morgan fingerprint density at radius 1 is 1.04 bits per heavy atom. The van der Waals surface area contributed by atoms with Crippen molar-refractivity contribution in [3.05, 3.63) is 62.5 Å². The summed E-state index contributed by atoms with van der Waals surface area (Å²) in [6.45, 7) is 4.10. The van der Waals surface area contributed by atoms with Crippen LogP contribution in [0.1, 0.15) is 25.2 Å². The van der Waals surface area contributed by atoms with E-state index in [-0.39, 0.29) is 13.2 Å². The fourth-order valence-electron chi connectivity index (χ4n) is 2.28. The van der Waals surface area contributed by atoms with E-state index in [1.165, 1.54) is 0 Å². The number of benzene rings is 2. The normalized spacial score (nSPS) is 12.8. The quantitative estimate of drug-likeness (QED) is 0.420. The van der Waals surface area contributed by atoms with Crippen LogP contribution in [0.3, 0.4) is 0 Å². The predicted molar refractivity (Wildman–Crippen MR) is 108 cm³/mol. The van der Waals surface area contributed by atoms with Crippen molar-refractivity contribution in [2.24, 2.45) is 0 Å². The maximum absolute atomic E-state index is 13.4. The summed E-state index contributed by atoms with van der Waals surface area (Å²) in [5, 5.41) is 4.08. The molecule has 1 atom stereocenters. The molecule has 2 aromatic rings. The minimum absolute atomic E-state index is 0.271. The molecule has 0 fully saturated rings. The van der Waals surface area contributed by atoms with Crippen molar-refractivity contribution in [2.45, 2.75) is 19.6 Å². The molecule has 1 N–H and O–H groups in total. The number of halogens is 3. The van der Waals surface area contributed by atoms with Crippen LogP contribution in [0.2, 0.25) is 10.0 Å². The van der Waals surface area contributed by atoms with E-state index in [1.54, 1.807) is 32.0 Å². The van der Waals surface area contributed by atoms with Crippen molar-refractivity contribution in [2.75, 3.05) is 18.5 Å². The molecule has 0 heterocycles. The second kappa shape index (κ2) is 9.40. The zero-order chi connectivity index (χ0) is 18.4. The molecule has 0 saturated carbocycles. The topological polar surface area (TPSA) is 47.6 Å². The average molecular weight is 467 g/mol. The van der Waals surface area contributed by atoms with E-state index < -0.39 is 13.4 Å². The van der Waals surface area contributed by atoms with Gasteiger partial charge in [-0.25, -0.2) is 0 Å². The molecule has 4 nitrogen and oxygen atoms in total. The van der Waals surface area contributed by atoms with E-state index in [4.69, 9.17) is 32.2 Å². The molecule has 0 aliphatic carbocycles. The molecule has 0 aliphatic heterocycles. The molecule has 136 valence electrons. The largest absolute Gasteiger partial charge is 0.368 e. The SMILES string of the molecule is CCOP(=O)(OCC)[C@@H](Nc1ccc(Cl)c(Cl)c1)c1ccc(Br)cc1. The third-order valence-corrected chi connectivity index (χ3v) is 6.91. The van der Waals surface area contributed by atoms with E-state index in [0.29, 0.717) is 15.7 Å². The van der Waals surface area contributed by atoms with Crippen LogP contribution in [0.5, 0.6) is 0 Å². The molecule has 8 heteroatoms. The van der Waals surface area contributed by atoms with Gasteiger partial charge in [-0.15, -0.1) is 0 Å². The summed E-state index contributed by atoms with van der Waals surface area (Å²) in [4.78, 5) is 0. The van der Waals surface area contributed by atoms with Gasteiger partial charge < -0.3 is 14.4 Å². The number of nitrogens with one attached hydrogen (secondary N) is 1. The summed E-state index contributed by atoms with van der Waals surface area (Å²) >= 11 is 15.5. The highest BCUT2D eigenvalue weighted by molar-refractivity contribution is 9.10. The van der Waals surface area contributed by atoms with Gasteiger partial charge in [0.1, 0.15) is 0 Å². The molecular weight excluding hydrogens is 448 g/mol. The maximum Gasteiger partial charge on any atom is 0.357 e. The Hall–Kier alpha value is -0.550. The third-order valence-electron chi connectivity index (χ3n) is 3.34. The lowest BCUT2D eigenvalue weighted by Crippen LogP contribution is -2.15. The second-order valence-corrected chi connectivity index (χ2v) is 8.95. The zero-order valence-electron chi connectivity index (χ0n) is 13.8. The lowest BCUT2D eigenvalue weighted by Gasteiger charge is -2.28. The second-order valence-electron chi connectivity index (χ2n) is 5.10. The van der Waals surface area contributed by atoms with E-state index in [2.05, 4.69) is 21.2 Å². The average Bonchev–Trinajstić information content (AvgIpc) is 2.57. The Labute approximate surface area is 166 Å². The van der Waals surface area contributed by atoms with Gasteiger partial charge in [-0.1, -0.05) is 51.3 Å². The molecule has 0 aliphatic rings. The molecule has 25 heavy (non-hydrogen) atoms. The fraction of sp³-hybridized carbons (Fsp3) is 0.294. The number of anilines is 1. The van der Waals surface area contributed by atoms with E-state index in [0.717, 1.165) is 10.0 Å². The zero-order valence-corrected chi connectivity index (χ0v) is 17.8. The van der Waals surface area contributed by atoms with Crippen LogP contribution < -0.4 is 5.32 Å². The molecule has 0 aromatic heterocycles. The van der Waals surface area contributed by atoms with Crippen LogP contribution in [0, 0.1) is 0 Å². The van der Waals surface area contributed by atoms with E-state index >= 15 is 0 Å². The molecule has 0 unspecified atom stereocenters. The molecule has 0 saturated heterocycles. The Morgan fingerprint density at radius 3 is 2.16 bits per heavy atom. The van der Waals surface area contributed by atoms with Crippen LogP contribution >= 0.6 is 46.7 Å². The van der Waals surface area contributed by atoms with E-state index in [1.807, 2.05) is 24.3 Å². The van der Waals surface area contributed by atoms with Gasteiger partial charge in [0, 0.05) is 10.2 Å². The first-order valence-corrected chi connectivity index (χ1v) is 10.9. The molecule has 0 bridgehead atoms. The predicted octanol–water partition coefficient (Wildman–Crippen LogP) is 7.13. The highest BCUT2D eigenvalue weighted by atomic mass is 79.9. The fourth-order valence-corrected chi connectivity index (χ4v) is 4.78. The van der Waals surface area contributed by atoms with Crippen LogP contribution in [-0.2, 0) is 13.6 Å². The summed E-state index contributed by atoms with van der Waals surface area (Å²) in [7, 11) is -3.46. The maximum atomic E-state index is 13.4. The molecular formula is C17H19BrCl2NO3P. The summed E-state index contributed by atoms with van der Waals surface area (Å²) in [5.74, 6) is -0.683. The van der Waals surface area contributed by atoms with Gasteiger partial charge in [0.15, 0.2) is 5.78 Å². The van der Waals surface area contributed by atoms with Crippen molar-refractivity contribution in [3.63, 3.8) is 0 Å². The van der Waals surface area contributed by atoms with Gasteiger partial charge >= 0.3 is 7.60 Å². The first-order valence-electron chi connectivity index (χ1n) is 7.75. The molecule has 0 amide bonds. The van der Waals surface area contributed by atoms with Gasteiger partial charge in [-0.3, -0.25) is 4.57 Å². The standard InChI is InChI=1S/C17H19BrCl2NO3P/c1-3-23-25(22,24-4-2)17(12-5-7-13(18)8-6-12)21-14-9-10-15(19)16(20)11-14/h5-11,17,21H,3-4H2,1-2H3/t17-/m1/s1. The first kappa shape index (κ1) is 20.8. The van der Waals surface area contributed by atoms with Gasteiger partial charge in [-0.05, 0) is 49.7 Å². The summed E-state index contributed by atoms with van der Waals surface area (Å²) in [5.41, 5.74) is 1.45. The first-order chi connectivity index (χ1) is 11.9. The minimum atomic E-state index is -3.46. The van der Waals surface area contributed by atoms with E-state index in [9.17, 15) is 4.57 Å². The smallest absolute Gasteiger partial charge is 0.357 e. The van der Waals surface area contributed by atoms with Crippen LogP contribution in [0.4, 0.5) is 5.69 Å². The Kier molecular flexibility index (Phi) is 7.81. The highest BCUT2D eigenvalue weighted by Crippen LogP contribution is 2.60. The summed E-state index contributed by atoms with van der Waals surface area (Å²) in [6, 6.07) is 12.6. The van der Waals surface area contributed by atoms with Crippen molar-refractivity contribution in [1.29, 1.82) is 0 Å². The van der Waals surface area contributed by atoms with Crippen LogP contribution in [-0.4, -0.2) is 13.2 Å². The molecule has 0 radical (unpaired) electrons. The van der Waals surface area contributed by atoms with Crippen molar-refractivity contribution < 1.29 is 13.6 Å². The minimum Gasteiger partial charge on any atom is -0.368 e. The Bertz CT molecular complexity index is 748. The molecule has 2 rings (SSSR count). The van der Waals surface area contributed by atoms with Crippen LogP contribution in [0.25, 0.3) is 0 Å². The lowest BCUT2D eigenvalue weighted by atomic mass is 10.2. The number of rotatable bonds is 8. The van der Waals surface area contributed by atoms with Crippen molar-refractivity contribution in [1.82, 2.24) is 0 Å². The van der Waals surface area contributed by atoms with Crippen LogP contribution in [0.15, 0.2) is 46.9 Å². The Balaban J connectivity index is 2.45. The lowest BCUT2D eigenvalue weighted by molar-refractivity contribution is 0.214. The Morgan fingerprint density at radius 2 is 1.64 bits per heavy atom. The summed E-state index contributed by atoms with van der Waals surface area (Å²) in [6.07, 6.45) is 0. The third kappa shape index (κ3) is 5.46. The number of hydrogen-bond acceptors (Lipinski definition) is 4. The monoisotopic (exact) mass is 465 g/mol. The summed E-state index contributed by atoms with van der Waals surface area (Å²) < 4.78 is 25.4. The van der Waals surface area contributed by atoms with Crippen molar-refractivity contribution in [3.8, 4) is 0 Å². The highest BCUT2D eigenvalue weighted by Gasteiger charge is 2.37. The van der Waals surface area contributed by atoms with Gasteiger partial charge in [-0.2, -0.15) is 0 Å². The molecule has 0 spiro atoms. The molecule has 2 aromatic carbocycles. The van der Waals surface area contributed by atoms with Gasteiger partial charge in [0.2, 0.25) is 0 Å². The van der Waals surface area contributed by atoms with Gasteiger partial charge in [0.05, 0.1) is 23.3 Å². The van der Waals surface area contributed by atoms with Gasteiger partial charge in [0.25, 0.3) is 0 Å². The number of hydrogen-bond donors (Lipinski definition) is 1. The van der Waals surface area contributed by atoms with Crippen molar-refractivity contribution >= 4 is 52.4 Å².